The molecule has 0 aliphatic heterocycles. The number of Topliss-reactive ketones (excluding diaryl/α,β-unsaturated/α-hetero) is 1. The molecule has 0 amide bonds. The molecule has 0 aromatic carbocycles. The number of carbonyl (C=O) groups excluding carboxylic acids is 1. The van der Waals surface area contributed by atoms with Gasteiger partial charge in [-0.2, -0.15) is 0 Å². The number of imidazole rings is 1. The summed E-state index contributed by atoms with van der Waals surface area (Å²) in [6.45, 7) is 2.59. The van der Waals surface area contributed by atoms with Crippen molar-refractivity contribution in [1.82, 2.24) is 9.38 Å². The van der Waals surface area contributed by atoms with E-state index in [0.717, 1.165) is 12.4 Å². The number of aliphatic hydroxyl groups excluding tert-OH is 1. The highest BCUT2D eigenvalue weighted by Gasteiger charge is 2.18. The highest BCUT2D eigenvalue weighted by atomic mass is 16.5. The Bertz CT molecular complexity index is 689. The summed E-state index contributed by atoms with van der Waals surface area (Å²) in [5.74, 6) is 1.31. The first-order valence-electron chi connectivity index (χ1n) is 8.92. The summed E-state index contributed by atoms with van der Waals surface area (Å²) >= 11 is 0. The predicted molar refractivity (Wildman–Crippen MR) is 92.5 cm³/mol. The summed E-state index contributed by atoms with van der Waals surface area (Å²) in [7, 11) is 0. The van der Waals surface area contributed by atoms with Gasteiger partial charge in [0.25, 0.3) is 0 Å². The first-order valence-corrected chi connectivity index (χ1v) is 8.92. The quantitative estimate of drug-likeness (QED) is 0.789. The van der Waals surface area contributed by atoms with Gasteiger partial charge < -0.3 is 9.84 Å². The Morgan fingerprint density at radius 1 is 1.42 bits per heavy atom. The lowest BCUT2D eigenvalue weighted by molar-refractivity contribution is 0.0937. The topological polar surface area (TPSA) is 63.8 Å². The fourth-order valence-corrected chi connectivity index (χ4v) is 3.35. The molecule has 1 aliphatic carbocycles. The molecule has 0 spiro atoms. The second-order valence-corrected chi connectivity index (χ2v) is 6.94. The van der Waals surface area contributed by atoms with E-state index in [0.29, 0.717) is 23.7 Å². The smallest absolute Gasteiger partial charge is 0.181 e. The number of ketones is 1. The van der Waals surface area contributed by atoms with E-state index in [-0.39, 0.29) is 18.3 Å². The third kappa shape index (κ3) is 3.78. The van der Waals surface area contributed by atoms with Crippen LogP contribution < -0.4 is 4.74 Å². The molecule has 130 valence electrons. The molecule has 2 heterocycles. The molecular weight excluding hydrogens is 304 g/mol. The van der Waals surface area contributed by atoms with Gasteiger partial charge in [-0.05, 0) is 36.8 Å². The second kappa shape index (κ2) is 7.79. The number of carbonyl (C=O) groups is 1. The Kier molecular flexibility index (Phi) is 5.51. The molecule has 24 heavy (non-hydrogen) atoms. The van der Waals surface area contributed by atoms with Crippen molar-refractivity contribution in [2.75, 3.05) is 13.2 Å². The van der Waals surface area contributed by atoms with Crippen LogP contribution in [-0.2, 0) is 0 Å². The zero-order valence-corrected chi connectivity index (χ0v) is 14.3. The summed E-state index contributed by atoms with van der Waals surface area (Å²) in [6.07, 6.45) is 10.2. The highest BCUT2D eigenvalue weighted by molar-refractivity contribution is 5.95. The van der Waals surface area contributed by atoms with Crippen molar-refractivity contribution < 1.29 is 14.6 Å². The number of hydrogen-bond donors (Lipinski definition) is 1. The number of hydrogen-bond acceptors (Lipinski definition) is 4. The molecule has 0 radical (unpaired) electrons. The standard InChI is InChI=1S/C19H26N2O3/c1-14(12-22)10-17(23)16-11-20-19-18(8-5-9-21(16)19)24-13-15-6-3-2-4-7-15/h5,8-9,11,14-15,22H,2-4,6-7,10,12-13H2,1H3/t14-/m1/s1. The van der Waals surface area contributed by atoms with Crippen LogP contribution in [0.3, 0.4) is 0 Å². The fraction of sp³-hybridized carbons (Fsp3) is 0.579. The van der Waals surface area contributed by atoms with Gasteiger partial charge in [-0.3, -0.25) is 9.20 Å². The van der Waals surface area contributed by atoms with Crippen LogP contribution in [0.4, 0.5) is 0 Å². The summed E-state index contributed by atoms with van der Waals surface area (Å²) in [5.41, 5.74) is 1.24. The lowest BCUT2D eigenvalue weighted by Gasteiger charge is -2.21. The van der Waals surface area contributed by atoms with Gasteiger partial charge >= 0.3 is 0 Å². The third-order valence-corrected chi connectivity index (χ3v) is 4.83. The molecule has 1 atom stereocenters. The van der Waals surface area contributed by atoms with Gasteiger partial charge in [0.15, 0.2) is 17.2 Å². The van der Waals surface area contributed by atoms with E-state index in [1.54, 1.807) is 10.6 Å². The lowest BCUT2D eigenvalue weighted by atomic mass is 9.90. The second-order valence-electron chi connectivity index (χ2n) is 6.94. The normalized spacial score (nSPS) is 17.1. The Morgan fingerprint density at radius 3 is 2.96 bits per heavy atom. The third-order valence-electron chi connectivity index (χ3n) is 4.83. The average Bonchev–Trinajstić information content (AvgIpc) is 3.05. The van der Waals surface area contributed by atoms with E-state index in [4.69, 9.17) is 9.84 Å². The zero-order chi connectivity index (χ0) is 16.9. The van der Waals surface area contributed by atoms with Crippen LogP contribution in [0.1, 0.15) is 55.9 Å². The maximum atomic E-state index is 12.4. The Hall–Kier alpha value is -1.88. The molecule has 1 fully saturated rings. The molecule has 3 rings (SSSR count). The number of rotatable bonds is 7. The van der Waals surface area contributed by atoms with E-state index >= 15 is 0 Å². The zero-order valence-electron chi connectivity index (χ0n) is 14.3. The Morgan fingerprint density at radius 2 is 2.21 bits per heavy atom. The fourth-order valence-electron chi connectivity index (χ4n) is 3.35. The van der Waals surface area contributed by atoms with Crippen molar-refractivity contribution >= 4 is 11.4 Å². The number of aliphatic hydroxyl groups is 1. The van der Waals surface area contributed by atoms with Crippen molar-refractivity contribution in [2.24, 2.45) is 11.8 Å². The van der Waals surface area contributed by atoms with Crippen LogP contribution >= 0.6 is 0 Å². The van der Waals surface area contributed by atoms with Crippen LogP contribution in [0, 0.1) is 11.8 Å². The summed E-state index contributed by atoms with van der Waals surface area (Å²) in [5, 5.41) is 9.14. The highest BCUT2D eigenvalue weighted by Crippen LogP contribution is 2.26. The molecular formula is C19H26N2O3. The van der Waals surface area contributed by atoms with Crippen molar-refractivity contribution in [3.63, 3.8) is 0 Å². The van der Waals surface area contributed by atoms with Crippen LogP contribution in [-0.4, -0.2) is 33.5 Å². The van der Waals surface area contributed by atoms with Crippen molar-refractivity contribution in [3.05, 3.63) is 30.2 Å². The van der Waals surface area contributed by atoms with E-state index < -0.39 is 0 Å². The summed E-state index contributed by atoms with van der Waals surface area (Å²) in [6, 6.07) is 3.80. The van der Waals surface area contributed by atoms with E-state index in [1.807, 2.05) is 25.3 Å². The Labute approximate surface area is 142 Å². The number of fused-ring (bicyclic) bond motifs is 1. The summed E-state index contributed by atoms with van der Waals surface area (Å²) in [4.78, 5) is 16.8. The van der Waals surface area contributed by atoms with Gasteiger partial charge in [0.05, 0.1) is 12.8 Å². The maximum absolute atomic E-state index is 12.4. The van der Waals surface area contributed by atoms with Gasteiger partial charge in [-0.25, -0.2) is 4.98 Å². The minimum Gasteiger partial charge on any atom is -0.489 e. The van der Waals surface area contributed by atoms with Crippen LogP contribution in [0.25, 0.3) is 5.65 Å². The number of pyridine rings is 1. The van der Waals surface area contributed by atoms with Crippen molar-refractivity contribution in [2.45, 2.75) is 45.4 Å². The van der Waals surface area contributed by atoms with E-state index in [2.05, 4.69) is 4.98 Å². The molecule has 1 N–H and O–H groups in total. The van der Waals surface area contributed by atoms with Crippen LogP contribution in [0.15, 0.2) is 24.5 Å². The molecule has 5 heteroatoms. The lowest BCUT2D eigenvalue weighted by Crippen LogP contribution is -2.15. The molecule has 1 aliphatic rings. The number of ether oxygens (including phenoxy) is 1. The van der Waals surface area contributed by atoms with Crippen molar-refractivity contribution in [3.8, 4) is 5.75 Å². The largest absolute Gasteiger partial charge is 0.489 e. The Balaban J connectivity index is 1.74. The SMILES string of the molecule is C[C@@H](CO)CC(=O)c1cnc2c(OCC3CCCCC3)cccn12. The van der Waals surface area contributed by atoms with Crippen LogP contribution in [0.5, 0.6) is 5.75 Å². The molecule has 0 unspecified atom stereocenters. The molecule has 0 bridgehead atoms. The molecule has 2 aromatic heterocycles. The molecule has 0 saturated heterocycles. The van der Waals surface area contributed by atoms with E-state index in [9.17, 15) is 4.79 Å². The van der Waals surface area contributed by atoms with Gasteiger partial charge in [-0.1, -0.05) is 26.2 Å². The average molecular weight is 330 g/mol. The van der Waals surface area contributed by atoms with Gasteiger partial charge in [0.1, 0.15) is 5.69 Å². The minimum absolute atomic E-state index is 0.00604. The van der Waals surface area contributed by atoms with Gasteiger partial charge in [0, 0.05) is 19.2 Å². The predicted octanol–water partition coefficient (Wildman–Crippen LogP) is 3.49. The van der Waals surface area contributed by atoms with Gasteiger partial charge in [-0.15, -0.1) is 0 Å². The monoisotopic (exact) mass is 330 g/mol. The molecule has 2 aromatic rings. The van der Waals surface area contributed by atoms with E-state index in [1.165, 1.54) is 32.1 Å². The van der Waals surface area contributed by atoms with Gasteiger partial charge in [0.2, 0.25) is 0 Å². The summed E-state index contributed by atoms with van der Waals surface area (Å²) < 4.78 is 7.81. The minimum atomic E-state index is -0.0474. The first-order chi connectivity index (χ1) is 11.7. The first kappa shape index (κ1) is 17.0. The van der Waals surface area contributed by atoms with Crippen molar-refractivity contribution in [1.29, 1.82) is 0 Å². The molecule has 1 saturated carbocycles. The number of nitrogens with zero attached hydrogens (tertiary/aromatic N) is 2. The van der Waals surface area contributed by atoms with Crippen LogP contribution in [0.2, 0.25) is 0 Å². The number of aromatic nitrogens is 2. The maximum Gasteiger partial charge on any atom is 0.181 e. The molecule has 5 nitrogen and oxygen atoms in total.